The van der Waals surface area contributed by atoms with Crippen molar-refractivity contribution in [2.45, 2.75) is 57.4 Å². The second-order valence-corrected chi connectivity index (χ2v) is 7.18. The lowest BCUT2D eigenvalue weighted by Crippen LogP contribution is -2.52. The largest absolute Gasteiger partial charge is 0.378 e. The van der Waals surface area contributed by atoms with Crippen molar-refractivity contribution >= 4 is 5.91 Å². The molecule has 0 bridgehead atoms. The summed E-state index contributed by atoms with van der Waals surface area (Å²) < 4.78 is 11.6. The first kappa shape index (κ1) is 18.4. The molecule has 5 heteroatoms. The van der Waals surface area contributed by atoms with Crippen LogP contribution in [0.1, 0.15) is 38.2 Å². The summed E-state index contributed by atoms with van der Waals surface area (Å²) in [6.07, 6.45) is 3.85. The van der Waals surface area contributed by atoms with Crippen LogP contribution in [0.15, 0.2) is 30.3 Å². The average Bonchev–Trinajstić information content (AvgIpc) is 2.63. The lowest BCUT2D eigenvalue weighted by molar-refractivity contribution is -0.127. The van der Waals surface area contributed by atoms with Crippen molar-refractivity contribution < 1.29 is 14.3 Å². The van der Waals surface area contributed by atoms with Crippen LogP contribution in [0, 0.1) is 0 Å². The summed E-state index contributed by atoms with van der Waals surface area (Å²) in [7, 11) is 0. The predicted octanol–water partition coefficient (Wildman–Crippen LogP) is 2.35. The summed E-state index contributed by atoms with van der Waals surface area (Å²) in [5.74, 6) is 0.0724. The number of morpholine rings is 1. The van der Waals surface area contributed by atoms with Crippen molar-refractivity contribution in [3.63, 3.8) is 0 Å². The molecule has 0 radical (unpaired) electrons. The molecule has 3 atom stereocenters. The average molecular weight is 346 g/mol. The van der Waals surface area contributed by atoms with Crippen molar-refractivity contribution in [1.82, 2.24) is 10.2 Å². The Morgan fingerprint density at radius 3 is 2.84 bits per heavy atom. The fraction of sp³-hybridized carbons (Fsp3) is 0.650. The Morgan fingerprint density at radius 2 is 2.08 bits per heavy atom. The summed E-state index contributed by atoms with van der Waals surface area (Å²) in [4.78, 5) is 14.7. The Labute approximate surface area is 150 Å². The van der Waals surface area contributed by atoms with E-state index in [0.717, 1.165) is 45.5 Å². The lowest BCUT2D eigenvalue weighted by atomic mass is 10.1. The van der Waals surface area contributed by atoms with Crippen LogP contribution in [0.4, 0.5) is 0 Å². The minimum absolute atomic E-state index is 0.00895. The Kier molecular flexibility index (Phi) is 6.84. The van der Waals surface area contributed by atoms with E-state index in [-0.39, 0.29) is 24.2 Å². The van der Waals surface area contributed by atoms with Crippen LogP contribution in [-0.4, -0.2) is 55.4 Å². The van der Waals surface area contributed by atoms with E-state index >= 15 is 0 Å². The number of rotatable bonds is 6. The van der Waals surface area contributed by atoms with E-state index in [1.165, 1.54) is 5.56 Å². The highest BCUT2D eigenvalue weighted by molar-refractivity contribution is 5.76. The summed E-state index contributed by atoms with van der Waals surface area (Å²) in [5.41, 5.74) is 1.31. The predicted molar refractivity (Wildman–Crippen MR) is 97.3 cm³/mol. The Hall–Kier alpha value is -1.43. The van der Waals surface area contributed by atoms with Gasteiger partial charge in [0.05, 0.1) is 31.3 Å². The first-order chi connectivity index (χ1) is 12.2. The Bertz CT molecular complexity index is 531. The van der Waals surface area contributed by atoms with E-state index in [9.17, 15) is 4.79 Å². The molecule has 3 rings (SSSR count). The molecule has 1 amide bonds. The molecule has 0 aromatic heterocycles. The van der Waals surface area contributed by atoms with Gasteiger partial charge in [-0.25, -0.2) is 0 Å². The minimum atomic E-state index is 0.00895. The van der Waals surface area contributed by atoms with Crippen LogP contribution in [0.5, 0.6) is 0 Å². The monoisotopic (exact) mass is 346 g/mol. The summed E-state index contributed by atoms with van der Waals surface area (Å²) in [6.45, 7) is 6.24. The Balaban J connectivity index is 1.44. The van der Waals surface area contributed by atoms with Gasteiger partial charge in [-0.05, 0) is 31.7 Å². The molecule has 0 saturated carbocycles. The van der Waals surface area contributed by atoms with Crippen LogP contribution < -0.4 is 5.32 Å². The molecule has 138 valence electrons. The second-order valence-electron chi connectivity index (χ2n) is 7.18. The number of carbonyl (C=O) groups is 1. The van der Waals surface area contributed by atoms with Gasteiger partial charge in [-0.2, -0.15) is 0 Å². The maximum absolute atomic E-state index is 12.3. The topological polar surface area (TPSA) is 50.8 Å². The normalized spacial score (nSPS) is 26.1. The van der Waals surface area contributed by atoms with Crippen LogP contribution >= 0.6 is 0 Å². The number of hydrogen-bond acceptors (Lipinski definition) is 4. The third kappa shape index (κ3) is 5.80. The molecular weight excluding hydrogens is 316 g/mol. The van der Waals surface area contributed by atoms with Crippen LogP contribution in [-0.2, 0) is 20.8 Å². The van der Waals surface area contributed by atoms with E-state index in [0.29, 0.717) is 13.0 Å². The van der Waals surface area contributed by atoms with Gasteiger partial charge in [-0.15, -0.1) is 0 Å². The molecule has 1 aromatic rings. The van der Waals surface area contributed by atoms with Gasteiger partial charge in [-0.1, -0.05) is 30.3 Å². The highest BCUT2D eigenvalue weighted by atomic mass is 16.5. The zero-order valence-corrected chi connectivity index (χ0v) is 15.2. The number of amides is 1. The first-order valence-corrected chi connectivity index (χ1v) is 9.49. The number of benzene rings is 1. The number of ether oxygens (including phenoxy) is 2. The van der Waals surface area contributed by atoms with Gasteiger partial charge in [0, 0.05) is 26.2 Å². The molecule has 0 unspecified atom stereocenters. The quantitative estimate of drug-likeness (QED) is 0.859. The van der Waals surface area contributed by atoms with Crippen molar-refractivity contribution in [3.8, 4) is 0 Å². The SMILES string of the molecule is C[C@H](NC(=O)C[C@H]1CCCCO1)[C@@H]1CN(Cc2ccccc2)CCO1. The molecule has 2 aliphatic heterocycles. The third-order valence-electron chi connectivity index (χ3n) is 5.06. The fourth-order valence-electron chi connectivity index (χ4n) is 3.60. The van der Waals surface area contributed by atoms with Gasteiger partial charge in [0.15, 0.2) is 0 Å². The van der Waals surface area contributed by atoms with E-state index in [1.807, 2.05) is 13.0 Å². The summed E-state index contributed by atoms with van der Waals surface area (Å²) in [5, 5.41) is 3.11. The molecule has 0 aliphatic carbocycles. The molecule has 5 nitrogen and oxygen atoms in total. The fourth-order valence-corrected chi connectivity index (χ4v) is 3.60. The van der Waals surface area contributed by atoms with Gasteiger partial charge in [0.1, 0.15) is 0 Å². The Morgan fingerprint density at radius 1 is 1.24 bits per heavy atom. The number of hydrogen-bond donors (Lipinski definition) is 1. The molecule has 0 spiro atoms. The van der Waals surface area contributed by atoms with Gasteiger partial charge >= 0.3 is 0 Å². The van der Waals surface area contributed by atoms with E-state index in [4.69, 9.17) is 9.47 Å². The molecule has 1 N–H and O–H groups in total. The third-order valence-corrected chi connectivity index (χ3v) is 5.06. The maximum Gasteiger partial charge on any atom is 0.222 e. The van der Waals surface area contributed by atoms with E-state index in [1.54, 1.807) is 0 Å². The van der Waals surface area contributed by atoms with Crippen LogP contribution in [0.2, 0.25) is 0 Å². The number of nitrogens with one attached hydrogen (secondary N) is 1. The van der Waals surface area contributed by atoms with E-state index in [2.05, 4.69) is 34.5 Å². The van der Waals surface area contributed by atoms with Gasteiger partial charge in [0.2, 0.25) is 5.91 Å². The molecular formula is C20H30N2O3. The summed E-state index contributed by atoms with van der Waals surface area (Å²) >= 11 is 0. The smallest absolute Gasteiger partial charge is 0.222 e. The van der Waals surface area contributed by atoms with E-state index < -0.39 is 0 Å². The standard InChI is InChI=1S/C20H30N2O3/c1-16(21-20(23)13-18-9-5-6-11-24-18)19-15-22(10-12-25-19)14-17-7-3-2-4-8-17/h2-4,7-8,16,18-19H,5-6,9-15H2,1H3,(H,21,23)/t16-,18+,19-/m0/s1. The van der Waals surface area contributed by atoms with Crippen LogP contribution in [0.3, 0.4) is 0 Å². The molecule has 2 heterocycles. The molecule has 1 aromatic carbocycles. The number of carbonyl (C=O) groups excluding carboxylic acids is 1. The van der Waals surface area contributed by atoms with Crippen molar-refractivity contribution in [1.29, 1.82) is 0 Å². The second kappa shape index (κ2) is 9.32. The molecule has 2 saturated heterocycles. The van der Waals surface area contributed by atoms with Gasteiger partial charge < -0.3 is 14.8 Å². The van der Waals surface area contributed by atoms with Crippen molar-refractivity contribution in [3.05, 3.63) is 35.9 Å². The van der Waals surface area contributed by atoms with Gasteiger partial charge in [-0.3, -0.25) is 9.69 Å². The molecule has 25 heavy (non-hydrogen) atoms. The maximum atomic E-state index is 12.3. The highest BCUT2D eigenvalue weighted by Gasteiger charge is 2.27. The molecule has 2 aliphatic rings. The lowest BCUT2D eigenvalue weighted by Gasteiger charge is -2.36. The zero-order valence-electron chi connectivity index (χ0n) is 15.2. The summed E-state index contributed by atoms with van der Waals surface area (Å²) in [6, 6.07) is 10.5. The van der Waals surface area contributed by atoms with Crippen LogP contribution in [0.25, 0.3) is 0 Å². The molecule has 2 fully saturated rings. The van der Waals surface area contributed by atoms with Crippen molar-refractivity contribution in [2.24, 2.45) is 0 Å². The first-order valence-electron chi connectivity index (χ1n) is 9.49. The van der Waals surface area contributed by atoms with Gasteiger partial charge in [0.25, 0.3) is 0 Å². The number of nitrogens with zero attached hydrogens (tertiary/aromatic N) is 1. The van der Waals surface area contributed by atoms with Crippen molar-refractivity contribution in [2.75, 3.05) is 26.3 Å². The highest BCUT2D eigenvalue weighted by Crippen LogP contribution is 2.16. The zero-order chi connectivity index (χ0) is 17.5. The minimum Gasteiger partial charge on any atom is -0.378 e.